The maximum atomic E-state index is 11.4. The molecule has 0 aromatic carbocycles. The third-order valence-corrected chi connectivity index (χ3v) is 2.56. The Morgan fingerprint density at radius 3 is 2.43 bits per heavy atom. The summed E-state index contributed by atoms with van der Waals surface area (Å²) in [6.45, 7) is 8.05. The van der Waals surface area contributed by atoms with Crippen LogP contribution in [0.25, 0.3) is 0 Å². The zero-order chi connectivity index (χ0) is 11.2. The quantitative estimate of drug-likeness (QED) is 0.386. The SMILES string of the molecule is CCCC(O[Si](C)(C)C)C(=O)C=C=O. The largest absolute Gasteiger partial charge is 0.407 e. The van der Waals surface area contributed by atoms with Gasteiger partial charge in [0.05, 0.1) is 6.08 Å². The molecule has 0 saturated carbocycles. The van der Waals surface area contributed by atoms with Gasteiger partial charge in [-0.3, -0.25) is 4.79 Å². The van der Waals surface area contributed by atoms with Crippen LogP contribution >= 0.6 is 0 Å². The molecule has 0 N–H and O–H groups in total. The first-order valence-electron chi connectivity index (χ1n) is 4.83. The first-order valence-corrected chi connectivity index (χ1v) is 8.24. The zero-order valence-electron chi connectivity index (χ0n) is 9.29. The molecule has 0 saturated heterocycles. The summed E-state index contributed by atoms with van der Waals surface area (Å²) in [5, 5.41) is 0. The number of ketones is 1. The summed E-state index contributed by atoms with van der Waals surface area (Å²) in [6.07, 6.45) is 2.02. The molecule has 0 radical (unpaired) electrons. The molecule has 0 heterocycles. The lowest BCUT2D eigenvalue weighted by Gasteiger charge is -2.23. The Morgan fingerprint density at radius 1 is 1.50 bits per heavy atom. The average molecular weight is 214 g/mol. The summed E-state index contributed by atoms with van der Waals surface area (Å²) >= 11 is 0. The predicted molar refractivity (Wildman–Crippen MR) is 58.4 cm³/mol. The van der Waals surface area contributed by atoms with Crippen LogP contribution in [0.4, 0.5) is 0 Å². The van der Waals surface area contributed by atoms with Crippen LogP contribution in [-0.2, 0) is 14.0 Å². The Kier molecular flexibility index (Phi) is 5.61. The van der Waals surface area contributed by atoms with Crippen LogP contribution in [0.15, 0.2) is 6.08 Å². The monoisotopic (exact) mass is 214 g/mol. The van der Waals surface area contributed by atoms with Gasteiger partial charge in [0.2, 0.25) is 0 Å². The van der Waals surface area contributed by atoms with Crippen molar-refractivity contribution < 1.29 is 14.0 Å². The molecule has 1 unspecified atom stereocenters. The fourth-order valence-corrected chi connectivity index (χ4v) is 2.19. The molecular weight excluding hydrogens is 196 g/mol. The number of carbonyl (C=O) groups excluding carboxylic acids is 2. The smallest absolute Gasteiger partial charge is 0.194 e. The van der Waals surface area contributed by atoms with Gasteiger partial charge in [-0.15, -0.1) is 0 Å². The van der Waals surface area contributed by atoms with Crippen LogP contribution in [0, 0.1) is 0 Å². The number of carbonyl (C=O) groups is 1. The van der Waals surface area contributed by atoms with E-state index in [9.17, 15) is 9.59 Å². The van der Waals surface area contributed by atoms with Crippen LogP contribution in [0.3, 0.4) is 0 Å². The predicted octanol–water partition coefficient (Wildman–Crippen LogP) is 1.96. The van der Waals surface area contributed by atoms with E-state index in [1.165, 1.54) is 5.94 Å². The number of hydrogen-bond donors (Lipinski definition) is 0. The highest BCUT2D eigenvalue weighted by Gasteiger charge is 2.24. The maximum absolute atomic E-state index is 11.4. The van der Waals surface area contributed by atoms with E-state index in [0.717, 1.165) is 12.5 Å². The van der Waals surface area contributed by atoms with Crippen LogP contribution in [0.1, 0.15) is 19.8 Å². The van der Waals surface area contributed by atoms with Crippen molar-refractivity contribution >= 4 is 20.0 Å². The summed E-state index contributed by atoms with van der Waals surface area (Å²) in [4.78, 5) is 21.4. The van der Waals surface area contributed by atoms with E-state index >= 15 is 0 Å². The Balaban J connectivity index is 4.43. The van der Waals surface area contributed by atoms with E-state index in [4.69, 9.17) is 4.43 Å². The molecule has 0 rings (SSSR count). The van der Waals surface area contributed by atoms with Gasteiger partial charge in [-0.1, -0.05) is 13.3 Å². The number of rotatable bonds is 6. The van der Waals surface area contributed by atoms with Crippen molar-refractivity contribution in [3.05, 3.63) is 6.08 Å². The third-order valence-electron chi connectivity index (χ3n) is 1.57. The summed E-state index contributed by atoms with van der Waals surface area (Å²) in [5.74, 6) is 1.24. The topological polar surface area (TPSA) is 43.4 Å². The van der Waals surface area contributed by atoms with Gasteiger partial charge in [-0.05, 0) is 26.1 Å². The average Bonchev–Trinajstić information content (AvgIpc) is 2.01. The van der Waals surface area contributed by atoms with Crippen molar-refractivity contribution in [1.29, 1.82) is 0 Å². The number of hydrogen-bond acceptors (Lipinski definition) is 3. The van der Waals surface area contributed by atoms with E-state index in [1.54, 1.807) is 0 Å². The van der Waals surface area contributed by atoms with Crippen molar-refractivity contribution in [2.45, 2.75) is 45.5 Å². The standard InChI is InChI=1S/C10H18O3Si/c1-5-6-10(9(12)7-8-11)13-14(2,3)4/h7,10H,5-6H2,1-4H3. The molecule has 0 aliphatic rings. The van der Waals surface area contributed by atoms with Crippen LogP contribution in [-0.4, -0.2) is 26.1 Å². The minimum Gasteiger partial charge on any atom is -0.407 e. The molecule has 0 aromatic rings. The second-order valence-corrected chi connectivity index (χ2v) is 8.63. The van der Waals surface area contributed by atoms with E-state index in [0.29, 0.717) is 6.42 Å². The maximum Gasteiger partial charge on any atom is 0.194 e. The lowest BCUT2D eigenvalue weighted by molar-refractivity contribution is -0.121. The van der Waals surface area contributed by atoms with Gasteiger partial charge in [0, 0.05) is 0 Å². The molecule has 0 fully saturated rings. The molecule has 0 aliphatic heterocycles. The molecule has 0 bridgehead atoms. The summed E-state index contributed by atoms with van der Waals surface area (Å²) < 4.78 is 5.67. The third kappa shape index (κ3) is 5.86. The van der Waals surface area contributed by atoms with Gasteiger partial charge >= 0.3 is 0 Å². The van der Waals surface area contributed by atoms with Crippen LogP contribution in [0.2, 0.25) is 19.6 Å². The Morgan fingerprint density at radius 2 is 2.07 bits per heavy atom. The van der Waals surface area contributed by atoms with Crippen molar-refractivity contribution in [3.63, 3.8) is 0 Å². The first-order chi connectivity index (χ1) is 6.40. The van der Waals surface area contributed by atoms with Crippen LogP contribution in [0.5, 0.6) is 0 Å². The summed E-state index contributed by atoms with van der Waals surface area (Å²) in [5.41, 5.74) is 0. The van der Waals surface area contributed by atoms with E-state index in [1.807, 2.05) is 26.6 Å². The fourth-order valence-electron chi connectivity index (χ4n) is 1.10. The highest BCUT2D eigenvalue weighted by molar-refractivity contribution is 6.69. The molecule has 0 amide bonds. The molecule has 4 heteroatoms. The molecule has 0 aromatic heterocycles. The van der Waals surface area contributed by atoms with E-state index in [-0.39, 0.29) is 5.78 Å². The second-order valence-electron chi connectivity index (χ2n) is 4.17. The zero-order valence-corrected chi connectivity index (χ0v) is 10.3. The summed E-state index contributed by atoms with van der Waals surface area (Å²) in [6, 6.07) is 0. The molecule has 80 valence electrons. The van der Waals surface area contributed by atoms with Gasteiger partial charge in [0.15, 0.2) is 14.1 Å². The molecule has 3 nitrogen and oxygen atoms in total. The fraction of sp³-hybridized carbons (Fsp3) is 0.700. The highest BCUT2D eigenvalue weighted by Crippen LogP contribution is 2.12. The van der Waals surface area contributed by atoms with Gasteiger partial charge in [-0.2, -0.15) is 0 Å². The first kappa shape index (κ1) is 13.3. The van der Waals surface area contributed by atoms with Crippen LogP contribution < -0.4 is 0 Å². The van der Waals surface area contributed by atoms with Crippen molar-refractivity contribution in [2.24, 2.45) is 0 Å². The Labute approximate surface area is 86.3 Å². The minimum atomic E-state index is -1.72. The summed E-state index contributed by atoms with van der Waals surface area (Å²) in [7, 11) is -1.72. The lowest BCUT2D eigenvalue weighted by Crippen LogP contribution is -2.36. The highest BCUT2D eigenvalue weighted by atomic mass is 28.4. The lowest BCUT2D eigenvalue weighted by atomic mass is 10.1. The van der Waals surface area contributed by atoms with Gasteiger partial charge in [0.25, 0.3) is 0 Å². The normalized spacial score (nSPS) is 13.1. The van der Waals surface area contributed by atoms with E-state index < -0.39 is 14.4 Å². The molecular formula is C10H18O3Si. The molecule has 0 spiro atoms. The van der Waals surface area contributed by atoms with Gasteiger partial charge < -0.3 is 4.43 Å². The van der Waals surface area contributed by atoms with Crippen molar-refractivity contribution in [1.82, 2.24) is 0 Å². The van der Waals surface area contributed by atoms with Gasteiger partial charge in [-0.25, -0.2) is 4.79 Å². The molecule has 1 atom stereocenters. The molecule has 0 aliphatic carbocycles. The van der Waals surface area contributed by atoms with Gasteiger partial charge in [0.1, 0.15) is 12.0 Å². The molecule has 14 heavy (non-hydrogen) atoms. The van der Waals surface area contributed by atoms with Crippen molar-refractivity contribution in [2.75, 3.05) is 0 Å². The Hall–Kier alpha value is -0.703. The minimum absolute atomic E-state index is 0.260. The van der Waals surface area contributed by atoms with Crippen molar-refractivity contribution in [3.8, 4) is 0 Å². The second kappa shape index (κ2) is 5.91. The Bertz CT molecular complexity index is 236. The van der Waals surface area contributed by atoms with E-state index in [2.05, 4.69) is 0 Å².